The van der Waals surface area contributed by atoms with Gasteiger partial charge in [-0.15, -0.1) is 0 Å². The number of carbonyl (C=O) groups excluding carboxylic acids is 1. The van der Waals surface area contributed by atoms with Crippen molar-refractivity contribution in [3.63, 3.8) is 0 Å². The van der Waals surface area contributed by atoms with Crippen molar-refractivity contribution in [1.82, 2.24) is 15.4 Å². The van der Waals surface area contributed by atoms with Crippen molar-refractivity contribution in [3.8, 4) is 0 Å². The highest BCUT2D eigenvalue weighted by molar-refractivity contribution is 7.99. The van der Waals surface area contributed by atoms with Crippen LogP contribution < -0.4 is 5.32 Å². The van der Waals surface area contributed by atoms with Gasteiger partial charge in [-0.05, 0) is 30.9 Å². The Morgan fingerprint density at radius 1 is 1.55 bits per heavy atom. The van der Waals surface area contributed by atoms with E-state index in [0.717, 1.165) is 24.3 Å². The normalized spacial score (nSPS) is 21.3. The summed E-state index contributed by atoms with van der Waals surface area (Å²) in [6.07, 6.45) is 3.41. The van der Waals surface area contributed by atoms with Gasteiger partial charge in [-0.2, -0.15) is 11.8 Å². The van der Waals surface area contributed by atoms with E-state index >= 15 is 0 Å². The third kappa shape index (κ3) is 4.41. The molecule has 22 heavy (non-hydrogen) atoms. The zero-order valence-corrected chi connectivity index (χ0v) is 14.8. The Balaban J connectivity index is 1.79. The number of nitrogens with zero attached hydrogens (tertiary/aromatic N) is 2. The summed E-state index contributed by atoms with van der Waals surface area (Å²) in [5, 5.41) is 7.63. The van der Waals surface area contributed by atoms with Gasteiger partial charge < -0.3 is 14.7 Å². The second kappa shape index (κ2) is 7.90. The second-order valence-corrected chi connectivity index (χ2v) is 7.76. The van der Waals surface area contributed by atoms with Crippen LogP contribution in [0.2, 0.25) is 0 Å². The van der Waals surface area contributed by atoms with Crippen LogP contribution in [0.5, 0.6) is 0 Å². The van der Waals surface area contributed by atoms with E-state index in [4.69, 9.17) is 4.52 Å². The van der Waals surface area contributed by atoms with Crippen LogP contribution in [-0.4, -0.2) is 40.2 Å². The molecular formula is C16H27N3O2S. The molecule has 1 aromatic heterocycles. The van der Waals surface area contributed by atoms with Crippen LogP contribution in [0.15, 0.2) is 10.6 Å². The molecule has 1 fully saturated rings. The molecule has 0 aliphatic heterocycles. The van der Waals surface area contributed by atoms with Crippen LogP contribution in [0, 0.1) is 0 Å². The van der Waals surface area contributed by atoms with Gasteiger partial charge in [-0.3, -0.25) is 0 Å². The van der Waals surface area contributed by atoms with Gasteiger partial charge in [0.2, 0.25) is 0 Å². The Hall–Kier alpha value is -1.17. The highest BCUT2D eigenvalue weighted by Gasteiger charge is 2.29. The summed E-state index contributed by atoms with van der Waals surface area (Å²) in [6, 6.07) is 2.23. The first-order valence-corrected chi connectivity index (χ1v) is 9.13. The van der Waals surface area contributed by atoms with Crippen molar-refractivity contribution in [3.05, 3.63) is 17.5 Å². The molecule has 1 saturated carbocycles. The lowest BCUT2D eigenvalue weighted by Crippen LogP contribution is -2.42. The minimum atomic E-state index is -0.0327. The molecule has 1 aliphatic rings. The van der Waals surface area contributed by atoms with Gasteiger partial charge in [-0.1, -0.05) is 25.9 Å². The van der Waals surface area contributed by atoms with Crippen LogP contribution in [0.4, 0.5) is 4.79 Å². The second-order valence-electron chi connectivity index (χ2n) is 6.19. The molecule has 0 unspecified atom stereocenters. The standard InChI is InChI=1S/C16H27N3O2S/c1-5-22-14-7-6-12(8-14)19(4)16(20)17-10-13-9-15(11(2)3)18-21-13/h9,11-12,14H,5-8,10H2,1-4H3,(H,17,20)/t12-,14+/m0/s1. The predicted molar refractivity (Wildman–Crippen MR) is 90.1 cm³/mol. The van der Waals surface area contributed by atoms with Crippen molar-refractivity contribution in [2.75, 3.05) is 12.8 Å². The highest BCUT2D eigenvalue weighted by Crippen LogP contribution is 2.32. The Morgan fingerprint density at radius 3 is 2.95 bits per heavy atom. The van der Waals surface area contributed by atoms with Crippen molar-refractivity contribution < 1.29 is 9.32 Å². The third-order valence-corrected chi connectivity index (χ3v) is 5.44. The molecule has 6 heteroatoms. The van der Waals surface area contributed by atoms with E-state index in [1.807, 2.05) is 29.8 Å². The lowest BCUT2D eigenvalue weighted by molar-refractivity contribution is 0.189. The monoisotopic (exact) mass is 325 g/mol. The Labute approximate surface area is 137 Å². The molecule has 2 amide bonds. The summed E-state index contributed by atoms with van der Waals surface area (Å²) >= 11 is 2.01. The number of rotatable bonds is 6. The van der Waals surface area contributed by atoms with Gasteiger partial charge in [0.05, 0.1) is 12.2 Å². The molecule has 1 N–H and O–H groups in total. The predicted octanol–water partition coefficient (Wildman–Crippen LogP) is 3.61. The van der Waals surface area contributed by atoms with Crippen molar-refractivity contribution >= 4 is 17.8 Å². The maximum atomic E-state index is 12.3. The lowest BCUT2D eigenvalue weighted by atomic mass is 10.1. The van der Waals surface area contributed by atoms with Crippen LogP contribution in [0.25, 0.3) is 0 Å². The van der Waals surface area contributed by atoms with E-state index < -0.39 is 0 Å². The van der Waals surface area contributed by atoms with Crippen molar-refractivity contribution in [2.24, 2.45) is 0 Å². The Morgan fingerprint density at radius 2 is 2.32 bits per heavy atom. The van der Waals surface area contributed by atoms with Crippen LogP contribution >= 0.6 is 11.8 Å². The number of thioether (sulfide) groups is 1. The highest BCUT2D eigenvalue weighted by atomic mass is 32.2. The van der Waals surface area contributed by atoms with Crippen LogP contribution in [0.3, 0.4) is 0 Å². The molecule has 0 aromatic carbocycles. The fraction of sp³-hybridized carbons (Fsp3) is 0.750. The van der Waals surface area contributed by atoms with Gasteiger partial charge in [0.25, 0.3) is 0 Å². The van der Waals surface area contributed by atoms with Crippen molar-refractivity contribution in [2.45, 2.75) is 63.8 Å². The summed E-state index contributed by atoms with van der Waals surface area (Å²) in [4.78, 5) is 14.1. The molecule has 1 aromatic rings. The topological polar surface area (TPSA) is 58.4 Å². The summed E-state index contributed by atoms with van der Waals surface area (Å²) < 4.78 is 5.24. The van der Waals surface area contributed by atoms with Crippen LogP contribution in [0.1, 0.15) is 57.4 Å². The summed E-state index contributed by atoms with van der Waals surface area (Å²) in [5.74, 6) is 2.19. The molecule has 0 bridgehead atoms. The summed E-state index contributed by atoms with van der Waals surface area (Å²) in [5.41, 5.74) is 0.924. The molecule has 2 rings (SSSR count). The first-order chi connectivity index (χ1) is 10.5. The maximum Gasteiger partial charge on any atom is 0.317 e. The molecule has 0 saturated heterocycles. The third-order valence-electron chi connectivity index (χ3n) is 4.21. The SMILES string of the molecule is CCS[C@@H]1CC[C@H](N(C)C(=O)NCc2cc(C(C)C)no2)C1. The van der Waals surface area contributed by atoms with Crippen molar-refractivity contribution in [1.29, 1.82) is 0 Å². The fourth-order valence-corrected chi connectivity index (χ4v) is 3.93. The Kier molecular flexibility index (Phi) is 6.17. The largest absolute Gasteiger partial charge is 0.359 e. The zero-order chi connectivity index (χ0) is 16.1. The number of hydrogen-bond donors (Lipinski definition) is 1. The number of nitrogens with one attached hydrogen (secondary N) is 1. The molecule has 2 atom stereocenters. The Bertz CT molecular complexity index is 489. The van der Waals surface area contributed by atoms with Gasteiger partial charge >= 0.3 is 6.03 Å². The summed E-state index contributed by atoms with van der Waals surface area (Å²) in [6.45, 7) is 6.72. The smallest absolute Gasteiger partial charge is 0.317 e. The average Bonchev–Trinajstić information content (AvgIpc) is 3.13. The molecule has 124 valence electrons. The van der Waals surface area contributed by atoms with E-state index in [1.165, 1.54) is 6.42 Å². The number of aromatic nitrogens is 1. The maximum absolute atomic E-state index is 12.3. The number of amides is 2. The van der Waals surface area contributed by atoms with Crippen LogP contribution in [-0.2, 0) is 6.54 Å². The zero-order valence-electron chi connectivity index (χ0n) is 14.0. The first kappa shape index (κ1) is 17.2. The van der Waals surface area contributed by atoms with Gasteiger partial charge in [-0.25, -0.2) is 4.79 Å². The number of hydrogen-bond acceptors (Lipinski definition) is 4. The average molecular weight is 325 g/mol. The van der Waals surface area contributed by atoms with E-state index in [-0.39, 0.29) is 6.03 Å². The molecule has 0 spiro atoms. The minimum absolute atomic E-state index is 0.0327. The molecule has 5 nitrogen and oxygen atoms in total. The fourth-order valence-electron chi connectivity index (χ4n) is 2.79. The lowest BCUT2D eigenvalue weighted by Gasteiger charge is -2.24. The van der Waals surface area contributed by atoms with Gasteiger partial charge in [0, 0.05) is 24.4 Å². The van der Waals surface area contributed by atoms with Gasteiger partial charge in [0.1, 0.15) is 0 Å². The summed E-state index contributed by atoms with van der Waals surface area (Å²) in [7, 11) is 1.89. The quantitative estimate of drug-likeness (QED) is 0.868. The van der Waals surface area contributed by atoms with E-state index in [9.17, 15) is 4.79 Å². The van der Waals surface area contributed by atoms with E-state index in [2.05, 4.69) is 31.2 Å². The first-order valence-electron chi connectivity index (χ1n) is 8.09. The van der Waals surface area contributed by atoms with E-state index in [0.29, 0.717) is 29.5 Å². The van der Waals surface area contributed by atoms with Gasteiger partial charge in [0.15, 0.2) is 5.76 Å². The van der Waals surface area contributed by atoms with E-state index in [1.54, 1.807) is 0 Å². The molecule has 1 heterocycles. The number of carbonyl (C=O) groups is 1. The number of urea groups is 1. The molecular weight excluding hydrogens is 298 g/mol. The molecule has 1 aliphatic carbocycles. The molecule has 0 radical (unpaired) electrons. The minimum Gasteiger partial charge on any atom is -0.359 e.